The quantitative estimate of drug-likeness (QED) is 0.718. The fourth-order valence-electron chi connectivity index (χ4n) is 1.95. The van der Waals surface area contributed by atoms with Crippen molar-refractivity contribution in [3.8, 4) is 0 Å². The summed E-state index contributed by atoms with van der Waals surface area (Å²) in [4.78, 5) is 0. The van der Waals surface area contributed by atoms with Gasteiger partial charge in [-0.25, -0.2) is 0 Å². The Labute approximate surface area is 79.1 Å². The van der Waals surface area contributed by atoms with E-state index >= 15 is 0 Å². The molecule has 0 amide bonds. The molecule has 0 saturated heterocycles. The van der Waals surface area contributed by atoms with Gasteiger partial charge in [0.2, 0.25) is 0 Å². The lowest BCUT2D eigenvalue weighted by molar-refractivity contribution is 0.503. The molecule has 1 aliphatic heterocycles. The molecule has 0 radical (unpaired) electrons. The predicted molar refractivity (Wildman–Crippen MR) is 55.8 cm³/mol. The first-order valence-corrected chi connectivity index (χ1v) is 4.92. The van der Waals surface area contributed by atoms with E-state index in [0.717, 1.165) is 25.4 Å². The first-order valence-electron chi connectivity index (χ1n) is 4.92. The Morgan fingerprint density at radius 2 is 2.23 bits per heavy atom. The number of para-hydroxylation sites is 1. The molecular formula is C11H16N2. The lowest BCUT2D eigenvalue weighted by Gasteiger charge is -2.25. The van der Waals surface area contributed by atoms with Crippen LogP contribution in [0.4, 0.5) is 5.69 Å². The van der Waals surface area contributed by atoms with Gasteiger partial charge in [-0.1, -0.05) is 18.2 Å². The predicted octanol–water partition coefficient (Wildman–Crippen LogP) is 1.62. The van der Waals surface area contributed by atoms with Gasteiger partial charge in [0.1, 0.15) is 0 Å². The van der Waals surface area contributed by atoms with Crippen LogP contribution < -0.4 is 11.1 Å². The Kier molecular flexibility index (Phi) is 2.50. The summed E-state index contributed by atoms with van der Waals surface area (Å²) in [6.45, 7) is 1.88. The second-order valence-corrected chi connectivity index (χ2v) is 3.69. The van der Waals surface area contributed by atoms with Crippen LogP contribution in [0.25, 0.3) is 0 Å². The van der Waals surface area contributed by atoms with Crippen molar-refractivity contribution in [2.45, 2.75) is 12.8 Å². The zero-order valence-corrected chi connectivity index (χ0v) is 7.79. The first-order chi connectivity index (χ1) is 6.40. The highest BCUT2D eigenvalue weighted by Crippen LogP contribution is 2.25. The van der Waals surface area contributed by atoms with E-state index in [9.17, 15) is 0 Å². The van der Waals surface area contributed by atoms with Crippen molar-refractivity contribution < 1.29 is 0 Å². The molecule has 13 heavy (non-hydrogen) atoms. The number of nitrogens with two attached hydrogens (primary N) is 1. The van der Waals surface area contributed by atoms with Gasteiger partial charge in [0.25, 0.3) is 0 Å². The van der Waals surface area contributed by atoms with E-state index in [1.54, 1.807) is 0 Å². The summed E-state index contributed by atoms with van der Waals surface area (Å²) in [5.41, 5.74) is 8.29. The van der Waals surface area contributed by atoms with Gasteiger partial charge < -0.3 is 11.1 Å². The van der Waals surface area contributed by atoms with Crippen molar-refractivity contribution in [1.82, 2.24) is 0 Å². The SMILES string of the molecule is NCCC1CNc2ccccc2C1. The second-order valence-electron chi connectivity index (χ2n) is 3.69. The van der Waals surface area contributed by atoms with E-state index in [2.05, 4.69) is 29.6 Å². The summed E-state index contributed by atoms with van der Waals surface area (Å²) in [5.74, 6) is 0.722. The minimum absolute atomic E-state index is 0.722. The maximum absolute atomic E-state index is 5.55. The molecule has 0 fully saturated rings. The Bertz CT molecular complexity index is 283. The lowest BCUT2D eigenvalue weighted by atomic mass is 9.92. The minimum Gasteiger partial charge on any atom is -0.385 e. The summed E-state index contributed by atoms with van der Waals surface area (Å²) in [6, 6.07) is 8.53. The summed E-state index contributed by atoms with van der Waals surface area (Å²) in [6.07, 6.45) is 2.31. The molecule has 1 heterocycles. The molecule has 0 aromatic heterocycles. The summed E-state index contributed by atoms with van der Waals surface area (Å²) < 4.78 is 0. The molecule has 1 aromatic carbocycles. The molecule has 2 rings (SSSR count). The van der Waals surface area contributed by atoms with Crippen LogP contribution in [-0.2, 0) is 6.42 Å². The highest BCUT2D eigenvalue weighted by Gasteiger charge is 2.16. The van der Waals surface area contributed by atoms with E-state index in [0.29, 0.717) is 0 Å². The number of nitrogens with one attached hydrogen (secondary N) is 1. The zero-order valence-electron chi connectivity index (χ0n) is 7.79. The highest BCUT2D eigenvalue weighted by molar-refractivity contribution is 5.53. The summed E-state index contributed by atoms with van der Waals surface area (Å²) in [7, 11) is 0. The van der Waals surface area contributed by atoms with Gasteiger partial charge in [0.15, 0.2) is 0 Å². The topological polar surface area (TPSA) is 38.0 Å². The fraction of sp³-hybridized carbons (Fsp3) is 0.455. The summed E-state index contributed by atoms with van der Waals surface area (Å²) in [5, 5.41) is 3.44. The molecule has 1 aliphatic rings. The van der Waals surface area contributed by atoms with Crippen molar-refractivity contribution >= 4 is 5.69 Å². The van der Waals surface area contributed by atoms with Gasteiger partial charge in [-0.2, -0.15) is 0 Å². The van der Waals surface area contributed by atoms with Gasteiger partial charge in [0.05, 0.1) is 0 Å². The van der Waals surface area contributed by atoms with Crippen molar-refractivity contribution in [3.63, 3.8) is 0 Å². The molecule has 0 bridgehead atoms. The van der Waals surface area contributed by atoms with Crippen LogP contribution >= 0.6 is 0 Å². The number of hydrogen-bond acceptors (Lipinski definition) is 2. The first kappa shape index (κ1) is 8.57. The minimum atomic E-state index is 0.722. The zero-order chi connectivity index (χ0) is 9.10. The van der Waals surface area contributed by atoms with Gasteiger partial charge in [-0.05, 0) is 36.9 Å². The molecule has 1 aromatic rings. The Morgan fingerprint density at radius 3 is 3.08 bits per heavy atom. The van der Waals surface area contributed by atoms with Crippen molar-refractivity contribution in [3.05, 3.63) is 29.8 Å². The Balaban J connectivity index is 2.11. The van der Waals surface area contributed by atoms with Crippen molar-refractivity contribution in [1.29, 1.82) is 0 Å². The molecule has 0 spiro atoms. The molecule has 0 aliphatic carbocycles. The number of rotatable bonds is 2. The average molecular weight is 176 g/mol. The third-order valence-electron chi connectivity index (χ3n) is 2.68. The van der Waals surface area contributed by atoms with Crippen molar-refractivity contribution in [2.24, 2.45) is 11.7 Å². The maximum Gasteiger partial charge on any atom is 0.0372 e. The molecule has 2 nitrogen and oxygen atoms in total. The van der Waals surface area contributed by atoms with Crippen LogP contribution in [0, 0.1) is 5.92 Å². The number of anilines is 1. The highest BCUT2D eigenvalue weighted by atomic mass is 14.9. The molecular weight excluding hydrogens is 160 g/mol. The number of fused-ring (bicyclic) bond motifs is 1. The molecule has 3 N–H and O–H groups in total. The third kappa shape index (κ3) is 1.83. The fourth-order valence-corrected chi connectivity index (χ4v) is 1.95. The van der Waals surface area contributed by atoms with Crippen LogP contribution in [0.15, 0.2) is 24.3 Å². The smallest absolute Gasteiger partial charge is 0.0372 e. The van der Waals surface area contributed by atoms with Gasteiger partial charge in [-0.15, -0.1) is 0 Å². The van der Waals surface area contributed by atoms with E-state index in [1.807, 2.05) is 0 Å². The van der Waals surface area contributed by atoms with E-state index in [-0.39, 0.29) is 0 Å². The van der Waals surface area contributed by atoms with E-state index in [4.69, 9.17) is 5.73 Å². The molecule has 70 valence electrons. The monoisotopic (exact) mass is 176 g/mol. The molecule has 2 heteroatoms. The van der Waals surface area contributed by atoms with Gasteiger partial charge >= 0.3 is 0 Å². The number of hydrogen-bond donors (Lipinski definition) is 2. The Hall–Kier alpha value is -1.02. The average Bonchev–Trinajstić information content (AvgIpc) is 2.18. The normalized spacial score (nSPS) is 20.5. The van der Waals surface area contributed by atoms with Crippen LogP contribution in [0.3, 0.4) is 0 Å². The largest absolute Gasteiger partial charge is 0.385 e. The molecule has 1 unspecified atom stereocenters. The van der Waals surface area contributed by atoms with Crippen LogP contribution in [0.5, 0.6) is 0 Å². The summed E-state index contributed by atoms with van der Waals surface area (Å²) >= 11 is 0. The van der Waals surface area contributed by atoms with Gasteiger partial charge in [0, 0.05) is 12.2 Å². The molecule has 0 saturated carbocycles. The van der Waals surface area contributed by atoms with Crippen molar-refractivity contribution in [2.75, 3.05) is 18.4 Å². The van der Waals surface area contributed by atoms with Crippen LogP contribution in [0.1, 0.15) is 12.0 Å². The van der Waals surface area contributed by atoms with Crippen LogP contribution in [0.2, 0.25) is 0 Å². The van der Waals surface area contributed by atoms with E-state index in [1.165, 1.54) is 17.7 Å². The maximum atomic E-state index is 5.55. The van der Waals surface area contributed by atoms with E-state index < -0.39 is 0 Å². The van der Waals surface area contributed by atoms with Gasteiger partial charge in [-0.3, -0.25) is 0 Å². The number of benzene rings is 1. The second kappa shape index (κ2) is 3.79. The van der Waals surface area contributed by atoms with Crippen LogP contribution in [-0.4, -0.2) is 13.1 Å². The molecule has 1 atom stereocenters. The standard InChI is InChI=1S/C11H16N2/c12-6-5-9-7-10-3-1-2-4-11(10)13-8-9/h1-4,9,13H,5-8,12H2. The Morgan fingerprint density at radius 1 is 1.38 bits per heavy atom. The lowest BCUT2D eigenvalue weighted by Crippen LogP contribution is -2.25. The third-order valence-corrected chi connectivity index (χ3v) is 2.68.